The van der Waals surface area contributed by atoms with Gasteiger partial charge in [0, 0.05) is 35.7 Å². The molecule has 140 heavy (non-hydrogen) atoms. The van der Waals surface area contributed by atoms with Gasteiger partial charge in [0.05, 0.1) is 88.0 Å². The average molecular weight is 1850 g/mol. The zero-order chi connectivity index (χ0) is 94.1. The van der Waals surface area contributed by atoms with Gasteiger partial charge in [-0.25, -0.2) is 18.3 Å². The first-order valence-electron chi connectivity index (χ1n) is 55.5. The number of benzene rings is 8. The van der Waals surface area contributed by atoms with E-state index >= 15 is 0 Å². The van der Waals surface area contributed by atoms with E-state index in [0.29, 0.717) is 47.3 Å². The van der Waals surface area contributed by atoms with E-state index in [2.05, 4.69) is 262 Å². The molecule has 0 radical (unpaired) electrons. The summed E-state index contributed by atoms with van der Waals surface area (Å²) in [6.45, 7) is 9.01. The van der Waals surface area contributed by atoms with Crippen molar-refractivity contribution in [3.63, 3.8) is 0 Å². The van der Waals surface area contributed by atoms with Crippen molar-refractivity contribution in [1.29, 1.82) is 0 Å². The second-order valence-corrected chi connectivity index (χ2v) is 44.9. The van der Waals surface area contributed by atoms with Crippen LogP contribution in [0.2, 0.25) is 0 Å². The Bertz CT molecular complexity index is 8200. The normalized spacial score (nSPS) is 18.3. The Morgan fingerprint density at radius 1 is 0.236 bits per heavy atom. The van der Waals surface area contributed by atoms with Gasteiger partial charge in [0.15, 0.2) is 44.1 Å². The van der Waals surface area contributed by atoms with Crippen molar-refractivity contribution in [2.45, 2.75) is 332 Å². The van der Waals surface area contributed by atoms with Crippen molar-refractivity contribution in [3.8, 4) is 0 Å². The predicted molar refractivity (Wildman–Crippen MR) is 581 cm³/mol. The Labute approximate surface area is 825 Å². The van der Waals surface area contributed by atoms with Crippen LogP contribution in [0, 0.1) is 27.7 Å². The third kappa shape index (κ3) is 15.2. The first kappa shape index (κ1) is 89.6. The molecule has 0 bridgehead atoms. The number of aryl methyl sites for hydroxylation is 8. The standard InChI is InChI=1S/4C32H36N3/c1-21-19-20-33-30-28(21)32-34(2)27-18-10-16-25(23-13-7-4-8-14-23)31(27)35(32)26-17-9-15-24(29(26)30)22-11-5-3-6-12-22;1-21-17-18-33-31-26-19-24(22-11-5-3-6-12-22)25(23-13-7-4-8-14-23)20-29(26)35-28-16-10-9-15-27(28)34(2)32(35)30(21)31;1-21-18-19-33-31-29(21)32-34(2)28-20-24(22-10-5-3-6-11-22)16-17-26(28)35(32)27-15-9-14-25(30(27)31)23-12-7-4-8-13-23;1-21-18-19-33-31-29(21)32-34(2)26-17-16-24(22-10-5-3-6-11-22)20-28(26)35(32)27-15-9-14-25(30(27)31)23-12-7-4-8-13-23/h2*9-10,15-20,22-23H,3-8,11-14H2,1-2H3;2*9,14-20,22-23H,3-8,10-13H2,1-2H3/q4*+1. The zero-order valence-corrected chi connectivity index (χ0v) is 84.7. The monoisotopic (exact) mass is 1850 g/mol. The lowest BCUT2D eigenvalue weighted by Crippen LogP contribution is -2.27. The van der Waals surface area contributed by atoms with Gasteiger partial charge in [0.2, 0.25) is 0 Å². The van der Waals surface area contributed by atoms with E-state index in [0.717, 1.165) is 5.52 Å². The van der Waals surface area contributed by atoms with Gasteiger partial charge >= 0.3 is 0 Å². The topological polar surface area (TPSA) is 85.5 Å². The number of hydrogen-bond acceptors (Lipinski definition) is 4. The molecule has 0 spiro atoms. The molecule has 20 aromatic rings. The maximum atomic E-state index is 5.07. The number of aromatic nitrogens is 12. The highest BCUT2D eigenvalue weighted by atomic mass is 15.1. The number of fused-ring (bicyclic) bond motifs is 32. The van der Waals surface area contributed by atoms with Crippen LogP contribution in [0.4, 0.5) is 0 Å². The molecule has 8 saturated carbocycles. The number of para-hydroxylation sites is 3. The van der Waals surface area contributed by atoms with E-state index in [1.165, 1.54) is 455 Å². The Hall–Kier alpha value is -11.8. The quantitative estimate of drug-likeness (QED) is 0.112. The fourth-order valence-electron chi connectivity index (χ4n) is 29.6. The van der Waals surface area contributed by atoms with Crippen LogP contribution in [0.1, 0.15) is 371 Å². The van der Waals surface area contributed by atoms with Gasteiger partial charge in [0.1, 0.15) is 22.1 Å². The van der Waals surface area contributed by atoms with E-state index in [4.69, 9.17) is 19.9 Å². The van der Waals surface area contributed by atoms with Gasteiger partial charge in [-0.3, -0.25) is 19.9 Å². The Morgan fingerprint density at radius 2 is 0.564 bits per heavy atom. The van der Waals surface area contributed by atoms with Crippen LogP contribution in [0.5, 0.6) is 0 Å². The fourth-order valence-corrected chi connectivity index (χ4v) is 29.6. The number of pyridine rings is 8. The summed E-state index contributed by atoms with van der Waals surface area (Å²) in [4.78, 5) is 20.2. The van der Waals surface area contributed by atoms with E-state index in [1.54, 1.807) is 16.7 Å². The van der Waals surface area contributed by atoms with Crippen molar-refractivity contribution in [2.24, 2.45) is 28.2 Å². The minimum absolute atomic E-state index is 0.642. The lowest BCUT2D eigenvalue weighted by atomic mass is 9.75. The summed E-state index contributed by atoms with van der Waals surface area (Å²) in [6.07, 6.45) is 62.1. The van der Waals surface area contributed by atoms with Crippen LogP contribution < -0.4 is 18.1 Å². The molecule has 0 atom stereocenters. The average Bonchev–Trinajstić information content (AvgIpc) is 1.48. The fraction of sp³-hybridized carbons (Fsp3) is 0.438. The first-order chi connectivity index (χ1) is 68.9. The number of imidazole rings is 4. The van der Waals surface area contributed by atoms with Gasteiger partial charge in [0.25, 0.3) is 22.6 Å². The molecule has 12 heteroatoms. The summed E-state index contributed by atoms with van der Waals surface area (Å²) in [7, 11) is 8.96. The second kappa shape index (κ2) is 37.6. The molecule has 12 heterocycles. The SMILES string of the molecule is Cc1ccnc2c3c(C4CCCCC4)cccc3[n+]3c4ccc(C5CCCCC5)cc4n(C)c3c12.Cc1ccnc2c3c(C4CCCCC4)cccc3n3c4c(C5CCCCC5)cccc4[n+](C)c3c12.Cc1ccnc2c3c(C4CCCCC4)cccc3n3c4cc(C5CCCCC5)ccc4[n+](C)c3c12.Cc1ccnc2c3cc(C4CCCCC4)c(C4CCCCC4)cc3n3c4ccccc4[n+](C)c3c12. The van der Waals surface area contributed by atoms with Crippen LogP contribution in [0.15, 0.2) is 195 Å². The van der Waals surface area contributed by atoms with Crippen molar-refractivity contribution in [3.05, 3.63) is 261 Å². The van der Waals surface area contributed by atoms with E-state index in [9.17, 15) is 0 Å². The summed E-state index contributed by atoms with van der Waals surface area (Å²) in [6, 6.07) is 65.5. The van der Waals surface area contributed by atoms with Crippen LogP contribution in [0.25, 0.3) is 154 Å². The van der Waals surface area contributed by atoms with Crippen molar-refractivity contribution in [2.75, 3.05) is 0 Å². The molecule has 0 N–H and O–H groups in total. The Balaban J connectivity index is 0.0000000985. The first-order valence-corrected chi connectivity index (χ1v) is 55.5. The van der Waals surface area contributed by atoms with Gasteiger partial charge in [-0.15, -0.1) is 0 Å². The maximum absolute atomic E-state index is 5.07. The summed E-state index contributed by atoms with van der Waals surface area (Å²) in [5, 5.41) is 10.7. The Kier molecular flexibility index (Phi) is 24.1. The Morgan fingerprint density at radius 3 is 1.05 bits per heavy atom. The molecule has 0 unspecified atom stereocenters. The van der Waals surface area contributed by atoms with Gasteiger partial charge in [-0.05, 0) is 336 Å². The summed E-state index contributed by atoms with van der Waals surface area (Å²) >= 11 is 0. The maximum Gasteiger partial charge on any atom is 0.297 e. The molecule has 8 fully saturated rings. The molecule has 12 nitrogen and oxygen atoms in total. The summed E-state index contributed by atoms with van der Waals surface area (Å²) in [5.74, 6) is 5.42. The molecule has 8 aliphatic rings. The minimum atomic E-state index is 0.642. The van der Waals surface area contributed by atoms with Crippen LogP contribution in [0.3, 0.4) is 0 Å². The van der Waals surface area contributed by atoms with E-state index in [1.807, 2.05) is 24.8 Å². The lowest BCUT2D eigenvalue weighted by Gasteiger charge is -2.30. The van der Waals surface area contributed by atoms with Crippen molar-refractivity contribution in [1.82, 2.24) is 37.7 Å². The van der Waals surface area contributed by atoms with Crippen LogP contribution >= 0.6 is 0 Å². The summed E-state index contributed by atoms with van der Waals surface area (Å²) in [5.41, 5.74) is 43.4. The smallest absolute Gasteiger partial charge is 0.255 e. The zero-order valence-electron chi connectivity index (χ0n) is 84.7. The highest BCUT2D eigenvalue weighted by Gasteiger charge is 2.38. The molecule has 712 valence electrons. The lowest BCUT2D eigenvalue weighted by molar-refractivity contribution is -0.617. The number of hydrogen-bond donors (Lipinski definition) is 0. The second-order valence-electron chi connectivity index (χ2n) is 44.9. The molecule has 0 saturated heterocycles. The molecule has 0 amide bonds. The van der Waals surface area contributed by atoms with E-state index in [-0.39, 0.29) is 0 Å². The number of nitrogens with zero attached hydrogens (tertiary/aromatic N) is 12. The third-order valence-corrected chi connectivity index (χ3v) is 36.7. The van der Waals surface area contributed by atoms with Crippen molar-refractivity contribution >= 4 is 154 Å². The van der Waals surface area contributed by atoms with Gasteiger partial charge in [-0.2, -0.15) is 17.6 Å². The third-order valence-electron chi connectivity index (χ3n) is 36.7. The predicted octanol–water partition coefficient (Wildman–Crippen LogP) is 32.1. The number of rotatable bonds is 8. The molecular formula is C128H144N12+4. The van der Waals surface area contributed by atoms with E-state index < -0.39 is 0 Å². The molecule has 8 aromatic carbocycles. The van der Waals surface area contributed by atoms with Gasteiger partial charge in [-0.1, -0.05) is 227 Å². The minimum Gasteiger partial charge on any atom is -0.255 e. The highest BCUT2D eigenvalue weighted by molar-refractivity contribution is 6.17. The van der Waals surface area contributed by atoms with Crippen LogP contribution in [-0.2, 0) is 28.2 Å². The highest BCUT2D eigenvalue weighted by Crippen LogP contribution is 2.51. The van der Waals surface area contributed by atoms with Crippen LogP contribution in [-0.4, -0.2) is 37.7 Å². The molecular weight excluding hydrogens is 1710 g/mol. The molecule has 8 aliphatic carbocycles. The summed E-state index contributed by atoms with van der Waals surface area (Å²) < 4.78 is 19.9. The largest absolute Gasteiger partial charge is 0.297 e. The van der Waals surface area contributed by atoms with Crippen molar-refractivity contribution < 1.29 is 18.1 Å². The van der Waals surface area contributed by atoms with Gasteiger partial charge < -0.3 is 0 Å². The molecule has 12 aromatic heterocycles. The molecule has 0 aliphatic heterocycles. The molecule has 28 rings (SSSR count).